The van der Waals surface area contributed by atoms with Crippen LogP contribution in [0.15, 0.2) is 59.8 Å². The van der Waals surface area contributed by atoms with E-state index in [0.717, 1.165) is 19.6 Å². The van der Waals surface area contributed by atoms with Gasteiger partial charge < -0.3 is 14.6 Å². The Kier molecular flexibility index (Phi) is 6.54. The molecule has 0 spiro atoms. The predicted molar refractivity (Wildman–Crippen MR) is 102 cm³/mol. The lowest BCUT2D eigenvalue weighted by molar-refractivity contribution is -0.917. The normalized spacial score (nSPS) is 16.4. The Labute approximate surface area is 159 Å². The van der Waals surface area contributed by atoms with Gasteiger partial charge in [0.1, 0.15) is 12.4 Å². The van der Waals surface area contributed by atoms with Crippen LogP contribution in [0.5, 0.6) is 0 Å². The SMILES string of the molecule is C[C@H](O/N=C\c1cccc(F)c1)C(=O)N1CC[NH+](Cc2ccccc2)CC1. The molecule has 0 unspecified atom stereocenters. The monoisotopic (exact) mass is 370 g/mol. The van der Waals surface area contributed by atoms with E-state index in [0.29, 0.717) is 18.7 Å². The highest BCUT2D eigenvalue weighted by atomic mass is 19.1. The third-order valence-corrected chi connectivity index (χ3v) is 4.70. The smallest absolute Gasteiger partial charge is 0.266 e. The van der Waals surface area contributed by atoms with E-state index >= 15 is 0 Å². The van der Waals surface area contributed by atoms with Crippen LogP contribution >= 0.6 is 0 Å². The molecule has 1 amide bonds. The van der Waals surface area contributed by atoms with E-state index in [2.05, 4.69) is 29.4 Å². The molecule has 0 aliphatic carbocycles. The van der Waals surface area contributed by atoms with Gasteiger partial charge in [-0.05, 0) is 24.6 Å². The number of nitrogens with zero attached hydrogens (tertiary/aromatic N) is 2. The zero-order chi connectivity index (χ0) is 19.1. The fourth-order valence-electron chi connectivity index (χ4n) is 3.18. The van der Waals surface area contributed by atoms with E-state index in [1.165, 1.54) is 28.8 Å². The van der Waals surface area contributed by atoms with Crippen LogP contribution in [0.25, 0.3) is 0 Å². The Hall–Kier alpha value is -2.73. The average molecular weight is 370 g/mol. The number of piperazine rings is 1. The number of hydrogen-bond acceptors (Lipinski definition) is 3. The van der Waals surface area contributed by atoms with Crippen LogP contribution < -0.4 is 4.90 Å². The minimum atomic E-state index is -0.662. The molecular formula is C21H25FN3O2+. The summed E-state index contributed by atoms with van der Waals surface area (Å²) in [5.41, 5.74) is 1.91. The number of quaternary nitrogens is 1. The van der Waals surface area contributed by atoms with Gasteiger partial charge in [-0.2, -0.15) is 0 Å². The van der Waals surface area contributed by atoms with Gasteiger partial charge in [0.05, 0.1) is 32.4 Å². The molecule has 2 aromatic carbocycles. The summed E-state index contributed by atoms with van der Waals surface area (Å²) in [6.07, 6.45) is 0.750. The highest BCUT2D eigenvalue weighted by Gasteiger charge is 2.27. The van der Waals surface area contributed by atoms with Crippen molar-refractivity contribution in [2.45, 2.75) is 19.6 Å². The highest BCUT2D eigenvalue weighted by molar-refractivity contribution is 5.81. The summed E-state index contributed by atoms with van der Waals surface area (Å²) in [6, 6.07) is 16.4. The highest BCUT2D eigenvalue weighted by Crippen LogP contribution is 2.04. The minimum Gasteiger partial charge on any atom is -0.383 e. The van der Waals surface area contributed by atoms with Gasteiger partial charge in [0.15, 0.2) is 0 Å². The fourth-order valence-corrected chi connectivity index (χ4v) is 3.18. The first kappa shape index (κ1) is 19.0. The van der Waals surface area contributed by atoms with Crippen molar-refractivity contribution in [2.75, 3.05) is 26.2 Å². The molecule has 1 aliphatic heterocycles. The number of amides is 1. The van der Waals surface area contributed by atoms with E-state index < -0.39 is 6.10 Å². The summed E-state index contributed by atoms with van der Waals surface area (Å²) >= 11 is 0. The summed E-state index contributed by atoms with van der Waals surface area (Å²) in [5, 5.41) is 3.82. The standard InChI is InChI=1S/C21H24FN3O2/c1-17(27-23-15-19-8-5-9-20(22)14-19)21(26)25-12-10-24(11-13-25)16-18-6-3-2-4-7-18/h2-9,14-15,17H,10-13,16H2,1H3/p+1/b23-15-/t17-/m0/s1. The van der Waals surface area contributed by atoms with Crippen LogP contribution in [-0.4, -0.2) is 49.3 Å². The first-order chi connectivity index (χ1) is 13.1. The van der Waals surface area contributed by atoms with Gasteiger partial charge in [-0.25, -0.2) is 4.39 Å². The number of carbonyl (C=O) groups excluding carboxylic acids is 1. The second-order valence-electron chi connectivity index (χ2n) is 6.77. The number of benzene rings is 2. The van der Waals surface area contributed by atoms with Crippen molar-refractivity contribution in [1.29, 1.82) is 0 Å². The number of halogens is 1. The van der Waals surface area contributed by atoms with Crippen molar-refractivity contribution in [2.24, 2.45) is 5.16 Å². The maximum Gasteiger partial charge on any atom is 0.266 e. The summed E-state index contributed by atoms with van der Waals surface area (Å²) in [6.45, 7) is 5.92. The molecular weight excluding hydrogens is 345 g/mol. The molecule has 1 aliphatic rings. The quantitative estimate of drug-likeness (QED) is 0.619. The topological polar surface area (TPSA) is 46.3 Å². The Morgan fingerprint density at radius 2 is 1.96 bits per heavy atom. The van der Waals surface area contributed by atoms with Crippen LogP contribution in [0.3, 0.4) is 0 Å². The lowest BCUT2D eigenvalue weighted by atomic mass is 10.2. The molecule has 0 bridgehead atoms. The molecule has 142 valence electrons. The summed E-state index contributed by atoms with van der Waals surface area (Å²) < 4.78 is 13.1. The maximum absolute atomic E-state index is 13.1. The van der Waals surface area contributed by atoms with Crippen molar-refractivity contribution in [1.82, 2.24) is 4.90 Å². The van der Waals surface area contributed by atoms with Crippen LogP contribution in [0.2, 0.25) is 0 Å². The van der Waals surface area contributed by atoms with E-state index in [-0.39, 0.29) is 11.7 Å². The molecule has 0 aromatic heterocycles. The van der Waals surface area contributed by atoms with Crippen molar-refractivity contribution in [3.63, 3.8) is 0 Å². The van der Waals surface area contributed by atoms with Gasteiger partial charge >= 0.3 is 0 Å². The maximum atomic E-state index is 13.1. The van der Waals surface area contributed by atoms with Gasteiger partial charge in [-0.15, -0.1) is 0 Å². The van der Waals surface area contributed by atoms with Gasteiger partial charge in [0, 0.05) is 5.56 Å². The third-order valence-electron chi connectivity index (χ3n) is 4.70. The number of rotatable bonds is 6. The first-order valence-corrected chi connectivity index (χ1v) is 9.23. The number of hydrogen-bond donors (Lipinski definition) is 1. The van der Waals surface area contributed by atoms with Gasteiger partial charge in [-0.3, -0.25) is 4.79 Å². The second kappa shape index (κ2) is 9.28. The Bertz CT molecular complexity index is 774. The molecule has 5 nitrogen and oxygen atoms in total. The van der Waals surface area contributed by atoms with Crippen molar-refractivity contribution in [3.8, 4) is 0 Å². The first-order valence-electron chi connectivity index (χ1n) is 9.23. The van der Waals surface area contributed by atoms with Crippen molar-refractivity contribution >= 4 is 12.1 Å². The Balaban J connectivity index is 1.44. The Morgan fingerprint density at radius 3 is 2.67 bits per heavy atom. The molecule has 0 radical (unpaired) electrons. The summed E-state index contributed by atoms with van der Waals surface area (Å²) in [5.74, 6) is -0.399. The van der Waals surface area contributed by atoms with E-state index in [9.17, 15) is 9.18 Å². The Morgan fingerprint density at radius 1 is 1.22 bits per heavy atom. The molecule has 0 saturated carbocycles. The van der Waals surface area contributed by atoms with Gasteiger partial charge in [0.25, 0.3) is 5.91 Å². The predicted octanol–water partition coefficient (Wildman–Crippen LogP) is 1.49. The average Bonchev–Trinajstić information content (AvgIpc) is 2.69. The lowest BCUT2D eigenvalue weighted by Crippen LogP contribution is -3.13. The van der Waals surface area contributed by atoms with E-state index in [1.54, 1.807) is 19.1 Å². The van der Waals surface area contributed by atoms with E-state index in [1.807, 2.05) is 11.0 Å². The van der Waals surface area contributed by atoms with Gasteiger partial charge in [-0.1, -0.05) is 47.6 Å². The zero-order valence-corrected chi connectivity index (χ0v) is 15.5. The van der Waals surface area contributed by atoms with E-state index in [4.69, 9.17) is 4.84 Å². The molecule has 27 heavy (non-hydrogen) atoms. The van der Waals surface area contributed by atoms with Gasteiger partial charge in [0.2, 0.25) is 6.10 Å². The molecule has 1 fully saturated rings. The molecule has 3 rings (SSSR count). The van der Waals surface area contributed by atoms with Crippen LogP contribution in [-0.2, 0) is 16.2 Å². The minimum absolute atomic E-state index is 0.0647. The number of carbonyl (C=O) groups is 1. The van der Waals surface area contributed by atoms with Crippen LogP contribution in [0.4, 0.5) is 4.39 Å². The lowest BCUT2D eigenvalue weighted by Gasteiger charge is -2.33. The molecule has 1 atom stereocenters. The van der Waals surface area contributed by atoms with Crippen molar-refractivity contribution in [3.05, 3.63) is 71.5 Å². The van der Waals surface area contributed by atoms with Crippen LogP contribution in [0.1, 0.15) is 18.1 Å². The number of oxime groups is 1. The van der Waals surface area contributed by atoms with Crippen LogP contribution in [0, 0.1) is 5.82 Å². The second-order valence-corrected chi connectivity index (χ2v) is 6.77. The third kappa shape index (κ3) is 5.62. The summed E-state index contributed by atoms with van der Waals surface area (Å²) in [7, 11) is 0. The molecule has 1 N–H and O–H groups in total. The molecule has 6 heteroatoms. The molecule has 1 saturated heterocycles. The largest absolute Gasteiger partial charge is 0.383 e. The molecule has 2 aromatic rings. The zero-order valence-electron chi connectivity index (χ0n) is 15.5. The summed E-state index contributed by atoms with van der Waals surface area (Å²) in [4.78, 5) is 21.1. The number of nitrogens with one attached hydrogen (secondary N) is 1. The van der Waals surface area contributed by atoms with Crippen molar-refractivity contribution < 1.29 is 18.9 Å². The molecule has 1 heterocycles. The fraction of sp³-hybridized carbons (Fsp3) is 0.333.